The molecular formula is C45H45Cl2SiZr. The van der Waals surface area contributed by atoms with E-state index in [0.29, 0.717) is 0 Å². The predicted molar refractivity (Wildman–Crippen MR) is 222 cm³/mol. The van der Waals surface area contributed by atoms with Gasteiger partial charge in [-0.15, -0.1) is 93.9 Å². The van der Waals surface area contributed by atoms with E-state index in [9.17, 15) is 0 Å². The molecule has 8 aromatic carbocycles. The molecule has 0 amide bonds. The molecule has 0 fully saturated rings. The van der Waals surface area contributed by atoms with Gasteiger partial charge in [-0.25, -0.2) is 0 Å². The second kappa shape index (κ2) is 20.4. The first kappa shape index (κ1) is 43.8. The second-order valence-electron chi connectivity index (χ2n) is 11.1. The predicted octanol–water partition coefficient (Wildman–Crippen LogP) is 13.8. The van der Waals surface area contributed by atoms with Crippen LogP contribution >= 0.6 is 24.8 Å². The van der Waals surface area contributed by atoms with Crippen LogP contribution in [0.4, 0.5) is 0 Å². The van der Waals surface area contributed by atoms with Gasteiger partial charge in [0, 0.05) is 11.0 Å². The molecule has 5 radical (unpaired) electrons. The molecule has 0 aromatic heterocycles. The normalized spacial score (nSPS) is 9.80. The van der Waals surface area contributed by atoms with Crippen molar-refractivity contribution >= 4 is 78.9 Å². The molecule has 0 heterocycles. The molecular weight excluding hydrogens is 731 g/mol. The Labute approximate surface area is 329 Å². The fourth-order valence-electron chi connectivity index (χ4n) is 6.39. The third-order valence-corrected chi connectivity index (χ3v) is 8.60. The largest absolute Gasteiger partial charge is 3.00 e. The van der Waals surface area contributed by atoms with Crippen molar-refractivity contribution in [1.82, 2.24) is 0 Å². The fourth-order valence-corrected chi connectivity index (χ4v) is 6.39. The van der Waals surface area contributed by atoms with E-state index in [4.69, 9.17) is 0 Å². The number of aryl methyl sites for hydroxylation is 2. The molecule has 0 spiro atoms. The molecule has 0 bridgehead atoms. The van der Waals surface area contributed by atoms with Crippen LogP contribution in [0, 0.1) is 7.43 Å². The molecule has 0 aliphatic heterocycles. The molecule has 4 heteroatoms. The zero-order valence-electron chi connectivity index (χ0n) is 29.1. The van der Waals surface area contributed by atoms with E-state index < -0.39 is 0 Å². The molecule has 0 unspecified atom stereocenters. The topological polar surface area (TPSA) is 0 Å². The average molecular weight is 776 g/mol. The minimum atomic E-state index is 0. The fraction of sp³-hybridized carbons (Fsp3) is 0.133. The SMILES string of the molecule is CC.CCc1cc2c(-c3cccc4ccccc34)cccc2[cH-]1.CCc1cc2c(-c3cccc4ccccc34)cccc2[cH-]1.Cl.Cl.[CH3-].[Si].[Zr+3]. The summed E-state index contributed by atoms with van der Waals surface area (Å²) in [5.41, 5.74) is 8.15. The summed E-state index contributed by atoms with van der Waals surface area (Å²) in [7, 11) is 0. The van der Waals surface area contributed by atoms with Crippen LogP contribution in [-0.2, 0) is 39.0 Å². The van der Waals surface area contributed by atoms with Crippen LogP contribution in [0.5, 0.6) is 0 Å². The van der Waals surface area contributed by atoms with Crippen LogP contribution in [0.1, 0.15) is 38.8 Å². The Morgan fingerprint density at radius 1 is 0.429 bits per heavy atom. The van der Waals surface area contributed by atoms with E-state index in [-0.39, 0.29) is 69.4 Å². The van der Waals surface area contributed by atoms with Gasteiger partial charge in [0.2, 0.25) is 0 Å². The first-order valence-corrected chi connectivity index (χ1v) is 16.1. The molecule has 247 valence electrons. The Hall–Kier alpha value is -3.26. The van der Waals surface area contributed by atoms with Crippen molar-refractivity contribution < 1.29 is 26.2 Å². The van der Waals surface area contributed by atoms with E-state index in [1.54, 1.807) is 0 Å². The number of halogens is 2. The van der Waals surface area contributed by atoms with E-state index in [2.05, 4.69) is 159 Å². The molecule has 0 N–H and O–H groups in total. The van der Waals surface area contributed by atoms with Crippen LogP contribution < -0.4 is 0 Å². The summed E-state index contributed by atoms with van der Waals surface area (Å²) in [6.07, 6.45) is 2.17. The Bertz CT molecular complexity index is 2020. The summed E-state index contributed by atoms with van der Waals surface area (Å²) < 4.78 is 0. The zero-order chi connectivity index (χ0) is 30.5. The Morgan fingerprint density at radius 2 is 0.735 bits per heavy atom. The maximum atomic E-state index is 2.34. The third kappa shape index (κ3) is 9.11. The van der Waals surface area contributed by atoms with Gasteiger partial charge in [0.1, 0.15) is 0 Å². The Kier molecular flexibility index (Phi) is 18.2. The monoisotopic (exact) mass is 773 g/mol. The summed E-state index contributed by atoms with van der Waals surface area (Å²) in [5.74, 6) is 0. The molecule has 8 rings (SSSR count). The number of rotatable bonds is 4. The van der Waals surface area contributed by atoms with Gasteiger partial charge in [0.15, 0.2) is 0 Å². The van der Waals surface area contributed by atoms with Crippen LogP contribution in [0.2, 0.25) is 0 Å². The average Bonchev–Trinajstić information content (AvgIpc) is 3.73. The molecule has 0 atom stereocenters. The van der Waals surface area contributed by atoms with Crippen LogP contribution in [0.15, 0.2) is 146 Å². The maximum absolute atomic E-state index is 2.34. The van der Waals surface area contributed by atoms with Crippen molar-refractivity contribution in [1.29, 1.82) is 0 Å². The standard InChI is InChI=1S/2C21H17.C2H6.CH3.2ClH.Si.Zr/c2*1-2-15-13-17-9-6-12-20(21(17)14-15)19-11-5-8-16-7-3-4-10-18(16)19;1-2;;;;;/h2*3-14H,2H2,1H3;1-2H3;1H3;2*1H;;/q2*-1;;-1;;;;+3. The van der Waals surface area contributed by atoms with Gasteiger partial charge in [0.25, 0.3) is 0 Å². The van der Waals surface area contributed by atoms with Gasteiger partial charge in [0.05, 0.1) is 0 Å². The number of hydrogen-bond donors (Lipinski definition) is 0. The smallest absolute Gasteiger partial charge is 0.358 e. The molecule has 0 aliphatic carbocycles. The minimum absolute atomic E-state index is 0. The first-order chi connectivity index (χ1) is 21.7. The van der Waals surface area contributed by atoms with Crippen molar-refractivity contribution in [3.63, 3.8) is 0 Å². The van der Waals surface area contributed by atoms with Crippen molar-refractivity contribution in [3.8, 4) is 22.3 Å². The van der Waals surface area contributed by atoms with Gasteiger partial charge in [-0.2, -0.15) is 12.1 Å². The number of benzene rings is 6. The van der Waals surface area contributed by atoms with Crippen molar-refractivity contribution in [2.24, 2.45) is 0 Å². The van der Waals surface area contributed by atoms with Crippen LogP contribution in [0.25, 0.3) is 65.3 Å². The molecule has 49 heavy (non-hydrogen) atoms. The zero-order valence-corrected chi connectivity index (χ0v) is 34.2. The van der Waals surface area contributed by atoms with Crippen molar-refractivity contribution in [2.75, 3.05) is 0 Å². The van der Waals surface area contributed by atoms with Crippen LogP contribution in [0.3, 0.4) is 0 Å². The van der Waals surface area contributed by atoms with Crippen molar-refractivity contribution in [3.05, 3.63) is 164 Å². The summed E-state index contributed by atoms with van der Waals surface area (Å²) in [5, 5.41) is 10.7. The van der Waals surface area contributed by atoms with Gasteiger partial charge in [-0.3, -0.25) is 0 Å². The van der Waals surface area contributed by atoms with E-state index in [1.807, 2.05) is 13.8 Å². The molecule has 0 nitrogen and oxygen atoms in total. The first-order valence-electron chi connectivity index (χ1n) is 16.1. The molecule has 0 saturated carbocycles. The summed E-state index contributed by atoms with van der Waals surface area (Å²) in [6.45, 7) is 8.43. The van der Waals surface area contributed by atoms with Gasteiger partial charge in [-0.1, -0.05) is 136 Å². The molecule has 8 aromatic rings. The van der Waals surface area contributed by atoms with Crippen LogP contribution in [-0.4, -0.2) is 11.0 Å². The third-order valence-electron chi connectivity index (χ3n) is 8.60. The summed E-state index contributed by atoms with van der Waals surface area (Å²) in [4.78, 5) is 0. The van der Waals surface area contributed by atoms with E-state index in [0.717, 1.165) is 12.8 Å². The van der Waals surface area contributed by atoms with Crippen molar-refractivity contribution in [2.45, 2.75) is 40.5 Å². The number of fused-ring (bicyclic) bond motifs is 4. The van der Waals surface area contributed by atoms with E-state index in [1.165, 1.54) is 76.5 Å². The summed E-state index contributed by atoms with van der Waals surface area (Å²) >= 11 is 0. The van der Waals surface area contributed by atoms with Gasteiger partial charge in [-0.05, 0) is 45.5 Å². The van der Waals surface area contributed by atoms with E-state index >= 15 is 0 Å². The summed E-state index contributed by atoms with van der Waals surface area (Å²) in [6, 6.07) is 52.9. The Morgan fingerprint density at radius 3 is 1.10 bits per heavy atom. The molecule has 0 saturated heterocycles. The minimum Gasteiger partial charge on any atom is -0.358 e. The molecule has 0 aliphatic rings. The Balaban J connectivity index is 0.000000425. The quantitative estimate of drug-likeness (QED) is 0.123. The second-order valence-corrected chi connectivity index (χ2v) is 11.1. The maximum Gasteiger partial charge on any atom is 3.00 e. The van der Waals surface area contributed by atoms with Gasteiger partial charge >= 0.3 is 26.2 Å². The number of hydrogen-bond acceptors (Lipinski definition) is 0. The van der Waals surface area contributed by atoms with Gasteiger partial charge < -0.3 is 7.43 Å².